The molecule has 2 rings (SSSR count). The van der Waals surface area contributed by atoms with Gasteiger partial charge in [0, 0.05) is 13.5 Å². The quantitative estimate of drug-likeness (QED) is 0.825. The van der Waals surface area contributed by atoms with Crippen LogP contribution in [0.3, 0.4) is 0 Å². The third kappa shape index (κ3) is 3.26. The summed E-state index contributed by atoms with van der Waals surface area (Å²) < 4.78 is 2.78. The molecule has 1 aromatic heterocycles. The van der Waals surface area contributed by atoms with Gasteiger partial charge in [0.1, 0.15) is 0 Å². The third-order valence-electron chi connectivity index (χ3n) is 4.48. The number of nitrogens with zero attached hydrogens (tertiary/aromatic N) is 2. The first-order valence-electron chi connectivity index (χ1n) is 7.58. The molecule has 20 heavy (non-hydrogen) atoms. The monoisotopic (exact) mass is 344 g/mol. The van der Waals surface area contributed by atoms with Crippen molar-refractivity contribution in [3.05, 3.63) is 15.9 Å². The van der Waals surface area contributed by atoms with Gasteiger partial charge in [0.15, 0.2) is 0 Å². The molecule has 2 N–H and O–H groups in total. The summed E-state index contributed by atoms with van der Waals surface area (Å²) in [7, 11) is 1.89. The molecule has 4 nitrogen and oxygen atoms in total. The third-order valence-corrected chi connectivity index (χ3v) is 5.39. The van der Waals surface area contributed by atoms with Gasteiger partial charge in [-0.2, -0.15) is 5.10 Å². The van der Waals surface area contributed by atoms with Crippen LogP contribution in [0, 0.1) is 0 Å². The van der Waals surface area contributed by atoms with Crippen LogP contribution in [0.1, 0.15) is 56.8 Å². The molecule has 0 spiro atoms. The highest BCUT2D eigenvalue weighted by Gasteiger charge is 2.36. The molecule has 1 atom stereocenters. The zero-order chi connectivity index (χ0) is 14.8. The summed E-state index contributed by atoms with van der Waals surface area (Å²) >= 11 is 3.57. The van der Waals surface area contributed by atoms with Crippen molar-refractivity contribution in [2.45, 2.75) is 70.0 Å². The van der Waals surface area contributed by atoms with E-state index in [0.717, 1.165) is 48.0 Å². The lowest BCUT2D eigenvalue weighted by Crippen LogP contribution is -2.43. The number of hydrogen-bond acceptors (Lipinski definition) is 3. The molecule has 0 aromatic carbocycles. The molecule has 0 aliphatic heterocycles. The standard InChI is InChI=1S/C15H25BrN2O2/c1-3-11-14(16)12(18(2)17-11)10-13(19)15(20)8-6-4-5-7-9-15/h13,19-20H,3-10H2,1-2H3. The highest BCUT2D eigenvalue weighted by atomic mass is 79.9. The summed E-state index contributed by atoms with van der Waals surface area (Å²) in [5.41, 5.74) is 1.03. The average Bonchev–Trinajstić information content (AvgIpc) is 2.60. The first-order chi connectivity index (χ1) is 9.48. The fraction of sp³-hybridized carbons (Fsp3) is 0.800. The lowest BCUT2D eigenvalue weighted by atomic mass is 9.86. The minimum atomic E-state index is -0.938. The van der Waals surface area contributed by atoms with Crippen LogP contribution in [0.4, 0.5) is 0 Å². The zero-order valence-corrected chi connectivity index (χ0v) is 14.0. The van der Waals surface area contributed by atoms with Gasteiger partial charge in [0.25, 0.3) is 0 Å². The Labute approximate surface area is 129 Å². The second kappa shape index (κ2) is 6.58. The fourth-order valence-corrected chi connectivity index (χ4v) is 3.87. The highest BCUT2D eigenvalue weighted by Crippen LogP contribution is 2.32. The molecular formula is C15H25BrN2O2. The summed E-state index contributed by atoms with van der Waals surface area (Å²) in [6, 6.07) is 0. The number of halogens is 1. The van der Waals surface area contributed by atoms with E-state index in [2.05, 4.69) is 28.0 Å². The SMILES string of the molecule is CCc1nn(C)c(CC(O)C2(O)CCCCCC2)c1Br. The number of aliphatic hydroxyl groups is 2. The van der Waals surface area contributed by atoms with Crippen LogP contribution >= 0.6 is 15.9 Å². The molecule has 1 aromatic rings. The van der Waals surface area contributed by atoms with Crippen molar-refractivity contribution >= 4 is 15.9 Å². The molecular weight excluding hydrogens is 320 g/mol. The Bertz CT molecular complexity index is 451. The Hall–Kier alpha value is -0.390. The van der Waals surface area contributed by atoms with Gasteiger partial charge in [-0.1, -0.05) is 32.6 Å². The van der Waals surface area contributed by atoms with E-state index in [1.807, 2.05) is 11.7 Å². The van der Waals surface area contributed by atoms with Crippen molar-refractivity contribution in [1.29, 1.82) is 0 Å². The van der Waals surface area contributed by atoms with Gasteiger partial charge >= 0.3 is 0 Å². The molecule has 0 saturated heterocycles. The van der Waals surface area contributed by atoms with E-state index < -0.39 is 11.7 Å². The first-order valence-corrected chi connectivity index (χ1v) is 8.38. The van der Waals surface area contributed by atoms with Crippen LogP contribution in [-0.2, 0) is 19.9 Å². The van der Waals surface area contributed by atoms with Gasteiger partial charge in [-0.25, -0.2) is 0 Å². The molecule has 5 heteroatoms. The Morgan fingerprint density at radius 1 is 1.30 bits per heavy atom. The van der Waals surface area contributed by atoms with E-state index in [0.29, 0.717) is 19.3 Å². The topological polar surface area (TPSA) is 58.3 Å². The molecule has 0 bridgehead atoms. The van der Waals surface area contributed by atoms with Crippen LogP contribution in [0.15, 0.2) is 4.47 Å². The Balaban J connectivity index is 2.14. The average molecular weight is 345 g/mol. The molecule has 1 heterocycles. The van der Waals surface area contributed by atoms with Crippen molar-refractivity contribution < 1.29 is 10.2 Å². The van der Waals surface area contributed by atoms with Gasteiger partial charge in [0.05, 0.1) is 27.6 Å². The molecule has 1 unspecified atom stereocenters. The summed E-state index contributed by atoms with van der Waals surface area (Å²) in [6.07, 6.45) is 6.29. The van der Waals surface area contributed by atoms with E-state index in [1.165, 1.54) is 0 Å². The van der Waals surface area contributed by atoms with Crippen LogP contribution in [0.2, 0.25) is 0 Å². The number of aromatic nitrogens is 2. The lowest BCUT2D eigenvalue weighted by Gasteiger charge is -2.32. The summed E-state index contributed by atoms with van der Waals surface area (Å²) in [5.74, 6) is 0. The van der Waals surface area contributed by atoms with Crippen LogP contribution < -0.4 is 0 Å². The largest absolute Gasteiger partial charge is 0.390 e. The Morgan fingerprint density at radius 3 is 2.40 bits per heavy atom. The number of aliphatic hydroxyl groups excluding tert-OH is 1. The maximum absolute atomic E-state index is 10.7. The Morgan fingerprint density at radius 2 is 1.90 bits per heavy atom. The first kappa shape index (κ1) is 16.0. The molecule has 1 fully saturated rings. The van der Waals surface area contributed by atoms with E-state index in [4.69, 9.17) is 0 Å². The predicted molar refractivity (Wildman–Crippen MR) is 82.6 cm³/mol. The zero-order valence-electron chi connectivity index (χ0n) is 12.4. The van der Waals surface area contributed by atoms with Crippen molar-refractivity contribution in [2.75, 3.05) is 0 Å². The summed E-state index contributed by atoms with van der Waals surface area (Å²) in [4.78, 5) is 0. The molecule has 114 valence electrons. The van der Waals surface area contributed by atoms with Crippen molar-refractivity contribution in [1.82, 2.24) is 9.78 Å². The molecule has 1 aliphatic carbocycles. The molecule has 1 aliphatic rings. The van der Waals surface area contributed by atoms with E-state index in [-0.39, 0.29) is 0 Å². The number of hydrogen-bond donors (Lipinski definition) is 2. The van der Waals surface area contributed by atoms with Gasteiger partial charge in [0.2, 0.25) is 0 Å². The predicted octanol–water partition coefficient (Wildman–Crippen LogP) is 2.73. The van der Waals surface area contributed by atoms with Crippen molar-refractivity contribution in [2.24, 2.45) is 7.05 Å². The minimum absolute atomic E-state index is 0.445. The summed E-state index contributed by atoms with van der Waals surface area (Å²) in [5, 5.41) is 25.7. The van der Waals surface area contributed by atoms with Crippen molar-refractivity contribution in [3.63, 3.8) is 0 Å². The van der Waals surface area contributed by atoms with E-state index in [9.17, 15) is 10.2 Å². The highest BCUT2D eigenvalue weighted by molar-refractivity contribution is 9.10. The van der Waals surface area contributed by atoms with Crippen LogP contribution in [0.5, 0.6) is 0 Å². The minimum Gasteiger partial charge on any atom is -0.390 e. The van der Waals surface area contributed by atoms with Gasteiger partial charge in [-0.3, -0.25) is 4.68 Å². The molecule has 0 amide bonds. The van der Waals surface area contributed by atoms with Gasteiger partial charge in [-0.15, -0.1) is 0 Å². The molecule has 1 saturated carbocycles. The molecule has 0 radical (unpaired) electrons. The summed E-state index contributed by atoms with van der Waals surface area (Å²) in [6.45, 7) is 2.06. The van der Waals surface area contributed by atoms with Crippen LogP contribution in [0.25, 0.3) is 0 Å². The Kier molecular flexibility index (Phi) is 5.26. The second-order valence-electron chi connectivity index (χ2n) is 5.92. The normalized spacial score (nSPS) is 20.6. The van der Waals surface area contributed by atoms with Crippen molar-refractivity contribution in [3.8, 4) is 0 Å². The maximum atomic E-state index is 10.7. The van der Waals surface area contributed by atoms with E-state index in [1.54, 1.807) is 0 Å². The second-order valence-corrected chi connectivity index (χ2v) is 6.72. The fourth-order valence-electron chi connectivity index (χ4n) is 3.09. The van der Waals surface area contributed by atoms with Gasteiger partial charge < -0.3 is 10.2 Å². The number of rotatable bonds is 4. The van der Waals surface area contributed by atoms with Gasteiger partial charge in [-0.05, 0) is 35.2 Å². The smallest absolute Gasteiger partial charge is 0.0909 e. The van der Waals surface area contributed by atoms with E-state index >= 15 is 0 Å². The number of aryl methyl sites for hydroxylation is 2. The van der Waals surface area contributed by atoms with Crippen LogP contribution in [-0.4, -0.2) is 31.7 Å². The maximum Gasteiger partial charge on any atom is 0.0909 e. The lowest BCUT2D eigenvalue weighted by molar-refractivity contribution is -0.0843.